The van der Waals surface area contributed by atoms with Crippen LogP contribution < -0.4 is 4.74 Å². The van der Waals surface area contributed by atoms with E-state index in [2.05, 4.69) is 20.1 Å². The van der Waals surface area contributed by atoms with E-state index in [1.807, 2.05) is 29.4 Å². The number of nitrogens with zero attached hydrogens (tertiary/aromatic N) is 6. The molecule has 21 heavy (non-hydrogen) atoms. The number of halogens is 1. The highest BCUT2D eigenvalue weighted by molar-refractivity contribution is 6.16. The standard InChI is InChI=1S/C13H15ClN6O/c1-8-9(5-17-19(8)2)6-20-10(4-14)18-11-12(20)15-7-16-13(11)21-3/h5,7H,4,6H2,1-3H3. The predicted octanol–water partition coefficient (Wildman–Crippen LogP) is 1.66. The molecule has 0 fully saturated rings. The second-order valence-corrected chi connectivity index (χ2v) is 4.95. The first-order valence-corrected chi connectivity index (χ1v) is 6.96. The fourth-order valence-electron chi connectivity index (χ4n) is 2.25. The molecule has 3 heterocycles. The smallest absolute Gasteiger partial charge is 0.245 e. The van der Waals surface area contributed by atoms with Gasteiger partial charge in [-0.25, -0.2) is 9.97 Å². The van der Waals surface area contributed by atoms with Gasteiger partial charge in [0.15, 0.2) is 11.2 Å². The summed E-state index contributed by atoms with van der Waals surface area (Å²) in [4.78, 5) is 12.9. The van der Waals surface area contributed by atoms with E-state index >= 15 is 0 Å². The molecule has 0 radical (unpaired) electrons. The summed E-state index contributed by atoms with van der Waals surface area (Å²) in [6.45, 7) is 2.63. The first-order valence-electron chi connectivity index (χ1n) is 6.43. The molecule has 110 valence electrons. The second kappa shape index (κ2) is 5.33. The Morgan fingerprint density at radius 1 is 1.33 bits per heavy atom. The Kier molecular flexibility index (Phi) is 3.50. The Morgan fingerprint density at radius 2 is 2.14 bits per heavy atom. The molecular formula is C13H15ClN6O. The third kappa shape index (κ3) is 2.23. The molecule has 0 spiro atoms. The van der Waals surface area contributed by atoms with Crippen LogP contribution in [0.2, 0.25) is 0 Å². The van der Waals surface area contributed by atoms with Crippen LogP contribution in [0.1, 0.15) is 17.1 Å². The molecule has 7 nitrogen and oxygen atoms in total. The normalized spacial score (nSPS) is 11.2. The summed E-state index contributed by atoms with van der Waals surface area (Å²) in [5.74, 6) is 1.47. The van der Waals surface area contributed by atoms with Crippen LogP contribution in [0.4, 0.5) is 0 Å². The van der Waals surface area contributed by atoms with Crippen LogP contribution in [0.15, 0.2) is 12.5 Å². The van der Waals surface area contributed by atoms with Crippen molar-refractivity contribution < 1.29 is 4.74 Å². The zero-order chi connectivity index (χ0) is 15.0. The van der Waals surface area contributed by atoms with Gasteiger partial charge in [0.25, 0.3) is 0 Å². The van der Waals surface area contributed by atoms with Crippen LogP contribution in [0.5, 0.6) is 5.88 Å². The minimum absolute atomic E-state index is 0.291. The monoisotopic (exact) mass is 306 g/mol. The number of aryl methyl sites for hydroxylation is 1. The van der Waals surface area contributed by atoms with Crippen molar-refractivity contribution in [2.45, 2.75) is 19.3 Å². The molecule has 0 saturated heterocycles. The molecule has 0 aliphatic carbocycles. The fourth-order valence-corrected chi connectivity index (χ4v) is 2.45. The van der Waals surface area contributed by atoms with Gasteiger partial charge in [-0.05, 0) is 6.92 Å². The van der Waals surface area contributed by atoms with E-state index in [4.69, 9.17) is 16.3 Å². The summed E-state index contributed by atoms with van der Waals surface area (Å²) in [5, 5.41) is 4.26. The van der Waals surface area contributed by atoms with Crippen molar-refractivity contribution >= 4 is 22.8 Å². The number of imidazole rings is 1. The summed E-state index contributed by atoms with van der Waals surface area (Å²) < 4.78 is 9.04. The summed E-state index contributed by atoms with van der Waals surface area (Å²) in [6.07, 6.45) is 3.31. The first kappa shape index (κ1) is 13.8. The van der Waals surface area contributed by atoms with Gasteiger partial charge in [-0.3, -0.25) is 4.68 Å². The molecule has 0 atom stereocenters. The van der Waals surface area contributed by atoms with Gasteiger partial charge in [0.1, 0.15) is 12.2 Å². The lowest BCUT2D eigenvalue weighted by molar-refractivity contribution is 0.401. The van der Waals surface area contributed by atoms with Gasteiger partial charge in [-0.15, -0.1) is 11.6 Å². The lowest BCUT2D eigenvalue weighted by Gasteiger charge is -2.07. The van der Waals surface area contributed by atoms with Crippen molar-refractivity contribution in [1.29, 1.82) is 0 Å². The maximum Gasteiger partial charge on any atom is 0.245 e. The quantitative estimate of drug-likeness (QED) is 0.686. The van der Waals surface area contributed by atoms with Crippen LogP contribution >= 0.6 is 11.6 Å². The Morgan fingerprint density at radius 3 is 2.76 bits per heavy atom. The molecule has 3 rings (SSSR count). The Labute approximate surface area is 126 Å². The van der Waals surface area contributed by atoms with Crippen LogP contribution in [-0.2, 0) is 19.5 Å². The average Bonchev–Trinajstić information content (AvgIpc) is 3.02. The van der Waals surface area contributed by atoms with Gasteiger partial charge in [0.2, 0.25) is 5.88 Å². The maximum atomic E-state index is 6.02. The molecule has 0 unspecified atom stereocenters. The van der Waals surface area contributed by atoms with E-state index in [0.717, 1.165) is 17.1 Å². The number of fused-ring (bicyclic) bond motifs is 1. The zero-order valence-corrected chi connectivity index (χ0v) is 12.8. The number of rotatable bonds is 4. The van der Waals surface area contributed by atoms with Crippen LogP contribution in [-0.4, -0.2) is 36.4 Å². The molecule has 3 aromatic rings. The van der Waals surface area contributed by atoms with Gasteiger partial charge >= 0.3 is 0 Å². The van der Waals surface area contributed by atoms with Crippen molar-refractivity contribution in [1.82, 2.24) is 29.3 Å². The van der Waals surface area contributed by atoms with E-state index in [-0.39, 0.29) is 0 Å². The van der Waals surface area contributed by atoms with Gasteiger partial charge in [0.05, 0.1) is 25.7 Å². The minimum Gasteiger partial charge on any atom is -0.479 e. The average molecular weight is 307 g/mol. The van der Waals surface area contributed by atoms with Gasteiger partial charge in [0, 0.05) is 18.3 Å². The third-order valence-corrected chi connectivity index (χ3v) is 3.79. The number of methoxy groups -OCH3 is 1. The topological polar surface area (TPSA) is 70.7 Å². The fraction of sp³-hybridized carbons (Fsp3) is 0.385. The Hall–Kier alpha value is -2.15. The van der Waals surface area contributed by atoms with Gasteiger partial charge in [-0.2, -0.15) is 10.1 Å². The summed E-state index contributed by atoms with van der Waals surface area (Å²) in [7, 11) is 3.48. The highest BCUT2D eigenvalue weighted by Crippen LogP contribution is 2.23. The Balaban J connectivity index is 2.15. The van der Waals surface area contributed by atoms with E-state index in [1.54, 1.807) is 7.11 Å². The summed E-state index contributed by atoms with van der Waals surface area (Å²) in [5.41, 5.74) is 3.53. The van der Waals surface area contributed by atoms with Crippen molar-refractivity contribution in [2.75, 3.05) is 7.11 Å². The van der Waals surface area contributed by atoms with Crippen molar-refractivity contribution in [3.8, 4) is 5.88 Å². The number of hydrogen-bond acceptors (Lipinski definition) is 5. The van der Waals surface area contributed by atoms with E-state index in [1.165, 1.54) is 6.33 Å². The molecular weight excluding hydrogens is 292 g/mol. The molecule has 8 heteroatoms. The van der Waals surface area contributed by atoms with Crippen LogP contribution in [0.25, 0.3) is 11.2 Å². The predicted molar refractivity (Wildman–Crippen MR) is 78.5 cm³/mol. The van der Waals surface area contributed by atoms with Crippen molar-refractivity contribution in [2.24, 2.45) is 7.05 Å². The highest BCUT2D eigenvalue weighted by atomic mass is 35.5. The molecule has 0 aliphatic rings. The first-order chi connectivity index (χ1) is 10.2. The molecule has 0 aliphatic heterocycles. The summed E-state index contributed by atoms with van der Waals surface area (Å²) in [6, 6.07) is 0. The third-order valence-electron chi connectivity index (χ3n) is 3.56. The number of ether oxygens (including phenoxy) is 1. The molecule has 0 amide bonds. The van der Waals surface area contributed by atoms with Gasteiger partial charge < -0.3 is 9.30 Å². The number of aromatic nitrogens is 6. The molecule has 0 N–H and O–H groups in total. The van der Waals surface area contributed by atoms with E-state index in [0.29, 0.717) is 29.5 Å². The Bertz CT molecular complexity index is 793. The highest BCUT2D eigenvalue weighted by Gasteiger charge is 2.17. The molecule has 3 aromatic heterocycles. The zero-order valence-electron chi connectivity index (χ0n) is 12.0. The number of alkyl halides is 1. The van der Waals surface area contributed by atoms with Crippen molar-refractivity contribution in [3.63, 3.8) is 0 Å². The molecule has 0 saturated carbocycles. The molecule has 0 bridgehead atoms. The van der Waals surface area contributed by atoms with Crippen LogP contribution in [0, 0.1) is 6.92 Å². The van der Waals surface area contributed by atoms with Gasteiger partial charge in [-0.1, -0.05) is 0 Å². The van der Waals surface area contributed by atoms with Crippen molar-refractivity contribution in [3.05, 3.63) is 29.6 Å². The van der Waals surface area contributed by atoms with E-state index in [9.17, 15) is 0 Å². The minimum atomic E-state index is 0.291. The molecule has 0 aromatic carbocycles. The lowest BCUT2D eigenvalue weighted by atomic mass is 10.2. The van der Waals surface area contributed by atoms with Crippen LogP contribution in [0.3, 0.4) is 0 Å². The summed E-state index contributed by atoms with van der Waals surface area (Å²) >= 11 is 6.02. The SMILES string of the molecule is COc1ncnc2c1nc(CCl)n2Cc1cnn(C)c1C. The maximum absolute atomic E-state index is 6.02. The number of hydrogen-bond donors (Lipinski definition) is 0. The lowest BCUT2D eigenvalue weighted by Crippen LogP contribution is -2.06. The largest absolute Gasteiger partial charge is 0.479 e. The van der Waals surface area contributed by atoms with E-state index < -0.39 is 0 Å². The second-order valence-electron chi connectivity index (χ2n) is 4.68.